The molecule has 0 saturated carbocycles. The first kappa shape index (κ1) is 20.3. The van der Waals surface area contributed by atoms with Gasteiger partial charge in [0.25, 0.3) is 0 Å². The lowest BCUT2D eigenvalue weighted by molar-refractivity contribution is 0.580. The molecule has 8 nitrogen and oxygen atoms in total. The topological polar surface area (TPSA) is 73.3 Å². The van der Waals surface area contributed by atoms with Crippen LogP contribution >= 0.6 is 11.8 Å². The summed E-state index contributed by atoms with van der Waals surface area (Å²) in [5.41, 5.74) is 2.91. The Morgan fingerprint density at radius 1 is 0.935 bits per heavy atom. The second-order valence-corrected chi connectivity index (χ2v) is 9.14. The van der Waals surface area contributed by atoms with Crippen LogP contribution in [0.4, 0.5) is 17.6 Å². The second kappa shape index (κ2) is 9.23. The molecule has 31 heavy (non-hydrogen) atoms. The Morgan fingerprint density at radius 2 is 1.71 bits per heavy atom. The average molecular weight is 437 g/mol. The highest BCUT2D eigenvalue weighted by atomic mass is 32.2. The third-order valence-electron chi connectivity index (χ3n) is 5.77. The molecule has 162 valence electrons. The summed E-state index contributed by atoms with van der Waals surface area (Å²) in [6.07, 6.45) is 1.65. The van der Waals surface area contributed by atoms with Gasteiger partial charge in [0.2, 0.25) is 5.95 Å². The third-order valence-corrected chi connectivity index (χ3v) is 6.71. The van der Waals surface area contributed by atoms with Gasteiger partial charge in [-0.3, -0.25) is 0 Å². The highest BCUT2D eigenvalue weighted by molar-refractivity contribution is 7.99. The summed E-state index contributed by atoms with van der Waals surface area (Å²) in [5, 5.41) is 3.41. The molecule has 0 atom stereocenters. The highest BCUT2D eigenvalue weighted by Crippen LogP contribution is 2.31. The van der Waals surface area contributed by atoms with Crippen molar-refractivity contribution in [2.45, 2.75) is 6.54 Å². The Balaban J connectivity index is 1.59. The average Bonchev–Trinajstić information content (AvgIpc) is 2.84. The van der Waals surface area contributed by atoms with E-state index in [9.17, 15) is 0 Å². The predicted octanol–water partition coefficient (Wildman–Crippen LogP) is 2.02. The van der Waals surface area contributed by atoms with E-state index in [-0.39, 0.29) is 0 Å². The van der Waals surface area contributed by atoms with Crippen LogP contribution < -0.4 is 20.0 Å². The lowest BCUT2D eigenvalue weighted by Gasteiger charge is -2.31. The number of anilines is 3. The normalized spacial score (nSPS) is 17.2. The van der Waals surface area contributed by atoms with E-state index >= 15 is 0 Å². The summed E-state index contributed by atoms with van der Waals surface area (Å²) in [6.45, 7) is 6.43. The molecule has 2 saturated heterocycles. The van der Waals surface area contributed by atoms with Crippen molar-refractivity contribution in [2.24, 2.45) is 0 Å². The molecule has 1 aromatic carbocycles. The quantitative estimate of drug-likeness (QED) is 0.647. The summed E-state index contributed by atoms with van der Waals surface area (Å²) in [4.78, 5) is 26.1. The van der Waals surface area contributed by atoms with Crippen LogP contribution in [0.1, 0.15) is 5.56 Å². The molecule has 4 heterocycles. The van der Waals surface area contributed by atoms with E-state index in [1.807, 2.05) is 17.8 Å². The van der Waals surface area contributed by atoms with Gasteiger partial charge < -0.3 is 20.0 Å². The van der Waals surface area contributed by atoms with Crippen LogP contribution in [-0.2, 0) is 6.54 Å². The smallest absolute Gasteiger partial charge is 0.228 e. The number of nitrogens with zero attached hydrogens (tertiary/aromatic N) is 7. The van der Waals surface area contributed by atoms with E-state index in [0.29, 0.717) is 0 Å². The van der Waals surface area contributed by atoms with Crippen molar-refractivity contribution >= 4 is 40.4 Å². The minimum Gasteiger partial charge on any atom is -0.353 e. The summed E-state index contributed by atoms with van der Waals surface area (Å²) in [5.74, 6) is 4.79. The van der Waals surface area contributed by atoms with Crippen molar-refractivity contribution < 1.29 is 0 Å². The molecule has 2 aliphatic heterocycles. The number of hydrogen-bond acceptors (Lipinski definition) is 9. The Morgan fingerprint density at radius 3 is 2.48 bits per heavy atom. The Hall–Kier alpha value is -2.65. The van der Waals surface area contributed by atoms with Crippen LogP contribution in [0.3, 0.4) is 0 Å². The molecule has 9 heteroatoms. The van der Waals surface area contributed by atoms with Crippen molar-refractivity contribution in [2.75, 3.05) is 72.5 Å². The number of aromatic nitrogens is 4. The number of hydrogen-bond donors (Lipinski definition) is 1. The van der Waals surface area contributed by atoms with Crippen molar-refractivity contribution in [1.82, 2.24) is 25.3 Å². The van der Waals surface area contributed by atoms with Gasteiger partial charge in [0, 0.05) is 64.4 Å². The summed E-state index contributed by atoms with van der Waals surface area (Å²) in [7, 11) is 2.07. The first-order chi connectivity index (χ1) is 15.3. The number of piperazine rings is 1. The van der Waals surface area contributed by atoms with Crippen molar-refractivity contribution in [3.63, 3.8) is 0 Å². The van der Waals surface area contributed by atoms with E-state index in [4.69, 9.17) is 9.97 Å². The molecule has 2 aromatic heterocycles. The van der Waals surface area contributed by atoms with Gasteiger partial charge in [-0.2, -0.15) is 16.7 Å². The molecule has 0 bridgehead atoms. The summed E-state index contributed by atoms with van der Waals surface area (Å²) < 4.78 is 0. The molecule has 5 rings (SSSR count). The maximum atomic E-state index is 5.03. The van der Waals surface area contributed by atoms with Gasteiger partial charge >= 0.3 is 0 Å². The Labute approximate surface area is 187 Å². The van der Waals surface area contributed by atoms with E-state index in [0.717, 1.165) is 85.9 Å². The number of rotatable bonds is 5. The molecule has 2 aliphatic rings. The lowest BCUT2D eigenvalue weighted by Crippen LogP contribution is -2.44. The first-order valence-corrected chi connectivity index (χ1v) is 12.0. The van der Waals surface area contributed by atoms with Crippen LogP contribution in [0.15, 0.2) is 36.7 Å². The minimum atomic E-state index is 0.760. The van der Waals surface area contributed by atoms with E-state index in [2.05, 4.69) is 61.3 Å². The molecule has 0 unspecified atom stereocenters. The van der Waals surface area contributed by atoms with Gasteiger partial charge in [-0.1, -0.05) is 30.3 Å². The Kier molecular flexibility index (Phi) is 6.04. The number of nitrogens with one attached hydrogen (secondary N) is 1. The zero-order valence-corrected chi connectivity index (χ0v) is 18.7. The van der Waals surface area contributed by atoms with E-state index < -0.39 is 0 Å². The molecule has 0 aliphatic carbocycles. The lowest BCUT2D eigenvalue weighted by atomic mass is 10.2. The van der Waals surface area contributed by atoms with E-state index in [1.165, 1.54) is 5.56 Å². The summed E-state index contributed by atoms with van der Waals surface area (Å²) in [6, 6.07) is 10.5. The fourth-order valence-corrected chi connectivity index (χ4v) is 5.03. The number of thioether (sulfide) groups is 1. The van der Waals surface area contributed by atoms with Crippen molar-refractivity contribution in [3.8, 4) is 0 Å². The van der Waals surface area contributed by atoms with Crippen molar-refractivity contribution in [3.05, 3.63) is 42.2 Å². The fraction of sp³-hybridized carbons (Fsp3) is 0.455. The third kappa shape index (κ3) is 4.38. The SMILES string of the molecule is CN(Cc1ccccc1)c1ncnc2c(N3CCSCC3)nc(N3CCNCC3)nc12. The van der Waals surface area contributed by atoms with Crippen LogP contribution in [-0.4, -0.2) is 77.8 Å². The monoisotopic (exact) mass is 436 g/mol. The molecular formula is C22H28N8S. The highest BCUT2D eigenvalue weighted by Gasteiger charge is 2.24. The number of benzene rings is 1. The maximum absolute atomic E-state index is 5.03. The van der Waals surface area contributed by atoms with E-state index in [1.54, 1.807) is 6.33 Å². The molecule has 3 aromatic rings. The maximum Gasteiger partial charge on any atom is 0.228 e. The van der Waals surface area contributed by atoms with Crippen LogP contribution in [0.2, 0.25) is 0 Å². The molecule has 0 amide bonds. The van der Waals surface area contributed by atoms with Crippen molar-refractivity contribution in [1.29, 1.82) is 0 Å². The van der Waals surface area contributed by atoms with Gasteiger partial charge in [-0.05, 0) is 5.56 Å². The molecule has 0 radical (unpaired) electrons. The summed E-state index contributed by atoms with van der Waals surface area (Å²) >= 11 is 2.00. The molecule has 0 spiro atoms. The zero-order valence-electron chi connectivity index (χ0n) is 17.9. The van der Waals surface area contributed by atoms with Gasteiger partial charge in [-0.15, -0.1) is 0 Å². The van der Waals surface area contributed by atoms with Crippen LogP contribution in [0.25, 0.3) is 11.0 Å². The predicted molar refractivity (Wildman–Crippen MR) is 128 cm³/mol. The minimum absolute atomic E-state index is 0.760. The first-order valence-electron chi connectivity index (χ1n) is 10.9. The molecule has 2 fully saturated rings. The standard InChI is InChI=1S/C22H28N8S/c1-28(15-17-5-3-2-4-6-17)20-19-18(24-16-25-20)21(29-11-13-31-14-12-29)27-22(26-19)30-9-7-23-8-10-30/h2-6,16,23H,7-15H2,1H3. The Bertz CT molecular complexity index is 1020. The van der Waals surface area contributed by atoms with Crippen LogP contribution in [0.5, 0.6) is 0 Å². The number of fused-ring (bicyclic) bond motifs is 1. The van der Waals surface area contributed by atoms with Crippen LogP contribution in [0, 0.1) is 0 Å². The van der Waals surface area contributed by atoms with Gasteiger partial charge in [0.05, 0.1) is 0 Å². The van der Waals surface area contributed by atoms with Gasteiger partial charge in [0.1, 0.15) is 17.4 Å². The zero-order chi connectivity index (χ0) is 21.0. The largest absolute Gasteiger partial charge is 0.353 e. The fourth-order valence-electron chi connectivity index (χ4n) is 4.12. The van der Waals surface area contributed by atoms with Gasteiger partial charge in [0.15, 0.2) is 11.6 Å². The molecule has 1 N–H and O–H groups in total. The second-order valence-electron chi connectivity index (χ2n) is 7.92. The molecular weight excluding hydrogens is 408 g/mol. The van der Waals surface area contributed by atoms with Gasteiger partial charge in [-0.25, -0.2) is 15.0 Å².